The van der Waals surface area contributed by atoms with Gasteiger partial charge in [-0.25, -0.2) is 0 Å². The maximum Gasteiger partial charge on any atom is 0.254 e. The van der Waals surface area contributed by atoms with Gasteiger partial charge < -0.3 is 15.2 Å². The molecule has 0 radical (unpaired) electrons. The lowest BCUT2D eigenvalue weighted by Crippen LogP contribution is -2.39. The fourth-order valence-electron chi connectivity index (χ4n) is 3.99. The van der Waals surface area contributed by atoms with Gasteiger partial charge in [-0.3, -0.25) is 9.48 Å². The Morgan fingerprint density at radius 1 is 1.28 bits per heavy atom. The first-order valence-electron chi connectivity index (χ1n) is 9.73. The summed E-state index contributed by atoms with van der Waals surface area (Å²) in [6.45, 7) is 0.158. The molecule has 0 aliphatic heterocycles. The van der Waals surface area contributed by atoms with Crippen molar-refractivity contribution < 1.29 is 14.6 Å². The Balaban J connectivity index is 1.49. The third kappa shape index (κ3) is 3.76. The number of benzene rings is 2. The van der Waals surface area contributed by atoms with Gasteiger partial charge in [0.1, 0.15) is 11.4 Å². The van der Waals surface area contributed by atoms with E-state index in [1.807, 2.05) is 55.6 Å². The topological polar surface area (TPSA) is 76.4 Å². The summed E-state index contributed by atoms with van der Waals surface area (Å²) in [5.41, 5.74) is 3.34. The first-order valence-corrected chi connectivity index (χ1v) is 9.73. The monoisotopic (exact) mass is 391 g/mol. The molecule has 4 rings (SSSR count). The summed E-state index contributed by atoms with van der Waals surface area (Å²) in [6.07, 6.45) is 3.53. The van der Waals surface area contributed by atoms with Crippen LogP contribution in [-0.4, -0.2) is 34.4 Å². The zero-order valence-corrected chi connectivity index (χ0v) is 16.7. The summed E-state index contributed by atoms with van der Waals surface area (Å²) in [4.78, 5) is 12.9. The molecule has 0 fully saturated rings. The van der Waals surface area contributed by atoms with Crippen molar-refractivity contribution in [3.05, 3.63) is 82.7 Å². The Labute approximate surface area is 170 Å². The van der Waals surface area contributed by atoms with Crippen LogP contribution in [0.2, 0.25) is 0 Å². The Morgan fingerprint density at radius 3 is 2.83 bits per heavy atom. The van der Waals surface area contributed by atoms with E-state index in [4.69, 9.17) is 4.74 Å². The van der Waals surface area contributed by atoms with Crippen LogP contribution >= 0.6 is 0 Å². The Morgan fingerprint density at radius 2 is 2.07 bits per heavy atom. The van der Waals surface area contributed by atoms with Crippen LogP contribution in [0.1, 0.15) is 39.2 Å². The number of aryl methyl sites for hydroxylation is 2. The number of fused-ring (bicyclic) bond motifs is 1. The minimum Gasteiger partial charge on any atom is -0.497 e. The molecule has 1 unspecified atom stereocenters. The molecule has 2 aromatic carbocycles. The minimum absolute atomic E-state index is 0.158. The van der Waals surface area contributed by atoms with Crippen LogP contribution in [0.4, 0.5) is 0 Å². The predicted octanol–water partition coefficient (Wildman–Crippen LogP) is 2.58. The molecule has 6 nitrogen and oxygen atoms in total. The van der Waals surface area contributed by atoms with Crippen LogP contribution in [0, 0.1) is 0 Å². The van der Waals surface area contributed by atoms with E-state index in [9.17, 15) is 9.90 Å². The van der Waals surface area contributed by atoms with Crippen molar-refractivity contribution in [3.8, 4) is 5.75 Å². The Kier molecular flexibility index (Phi) is 5.11. The molecule has 2 N–H and O–H groups in total. The second-order valence-corrected chi connectivity index (χ2v) is 7.53. The maximum absolute atomic E-state index is 12.9. The molecule has 0 spiro atoms. The maximum atomic E-state index is 12.9. The number of aliphatic hydroxyl groups is 1. The smallest absolute Gasteiger partial charge is 0.254 e. The zero-order chi connectivity index (χ0) is 20.4. The largest absolute Gasteiger partial charge is 0.497 e. The molecule has 6 heteroatoms. The number of ether oxygens (including phenoxy) is 1. The number of amides is 1. The first-order chi connectivity index (χ1) is 14.0. The number of rotatable bonds is 6. The minimum atomic E-state index is -1.07. The molecule has 1 aliphatic carbocycles. The van der Waals surface area contributed by atoms with Crippen molar-refractivity contribution in [3.63, 3.8) is 0 Å². The molecular formula is C23H25N3O3. The summed E-state index contributed by atoms with van der Waals surface area (Å²) >= 11 is 0. The highest BCUT2D eigenvalue weighted by Crippen LogP contribution is 2.38. The molecule has 150 valence electrons. The van der Waals surface area contributed by atoms with Gasteiger partial charge in [0, 0.05) is 13.5 Å². The van der Waals surface area contributed by atoms with Crippen LogP contribution in [0.15, 0.2) is 54.7 Å². The molecule has 1 amide bonds. The third-order valence-electron chi connectivity index (χ3n) is 5.68. The van der Waals surface area contributed by atoms with Crippen LogP contribution in [0.3, 0.4) is 0 Å². The van der Waals surface area contributed by atoms with Crippen molar-refractivity contribution in [2.75, 3.05) is 13.7 Å². The number of aromatic nitrogens is 2. The van der Waals surface area contributed by atoms with Crippen LogP contribution in [0.5, 0.6) is 5.75 Å². The van der Waals surface area contributed by atoms with Gasteiger partial charge in [-0.05, 0) is 41.7 Å². The molecule has 29 heavy (non-hydrogen) atoms. The summed E-state index contributed by atoms with van der Waals surface area (Å²) < 4.78 is 7.00. The first kappa shape index (κ1) is 19.2. The van der Waals surface area contributed by atoms with E-state index in [-0.39, 0.29) is 12.5 Å². The van der Waals surface area contributed by atoms with Crippen molar-refractivity contribution in [2.45, 2.75) is 24.9 Å². The van der Waals surface area contributed by atoms with Gasteiger partial charge in [-0.1, -0.05) is 36.4 Å². The summed E-state index contributed by atoms with van der Waals surface area (Å²) in [5, 5.41) is 18.3. The third-order valence-corrected chi connectivity index (χ3v) is 5.68. The van der Waals surface area contributed by atoms with Gasteiger partial charge in [0.05, 0.1) is 31.1 Å². The van der Waals surface area contributed by atoms with Gasteiger partial charge in [-0.15, -0.1) is 0 Å². The molecule has 0 saturated carbocycles. The van der Waals surface area contributed by atoms with Gasteiger partial charge in [0.2, 0.25) is 0 Å². The van der Waals surface area contributed by atoms with Crippen LogP contribution < -0.4 is 10.1 Å². The lowest BCUT2D eigenvalue weighted by molar-refractivity contribution is 0.0369. The molecule has 1 aromatic heterocycles. The second kappa shape index (κ2) is 7.72. The number of nitrogens with zero attached hydrogens (tertiary/aromatic N) is 2. The number of hydrogen-bond donors (Lipinski definition) is 2. The molecule has 0 saturated heterocycles. The van der Waals surface area contributed by atoms with E-state index in [0.29, 0.717) is 18.4 Å². The summed E-state index contributed by atoms with van der Waals surface area (Å²) in [6, 6.07) is 15.7. The van der Waals surface area contributed by atoms with E-state index in [2.05, 4.69) is 10.4 Å². The van der Waals surface area contributed by atoms with E-state index in [0.717, 1.165) is 34.6 Å². The lowest BCUT2D eigenvalue weighted by atomic mass is 9.95. The van der Waals surface area contributed by atoms with Crippen LogP contribution in [-0.2, 0) is 25.5 Å². The lowest BCUT2D eigenvalue weighted by Gasteiger charge is -2.24. The normalized spacial score (nSPS) is 17.8. The second-order valence-electron chi connectivity index (χ2n) is 7.53. The zero-order valence-electron chi connectivity index (χ0n) is 16.7. The average Bonchev–Trinajstić information content (AvgIpc) is 3.27. The van der Waals surface area contributed by atoms with Gasteiger partial charge in [0.25, 0.3) is 5.91 Å². The van der Waals surface area contributed by atoms with E-state index < -0.39 is 5.60 Å². The van der Waals surface area contributed by atoms with E-state index >= 15 is 0 Å². The number of methoxy groups -OCH3 is 1. The van der Waals surface area contributed by atoms with Crippen molar-refractivity contribution in [2.24, 2.45) is 7.05 Å². The fourth-order valence-corrected chi connectivity index (χ4v) is 3.99. The molecular weight excluding hydrogens is 366 g/mol. The molecule has 0 bridgehead atoms. The molecule has 3 aromatic rings. The Hall–Kier alpha value is -3.12. The van der Waals surface area contributed by atoms with Gasteiger partial charge >= 0.3 is 0 Å². The SMILES string of the molecule is COc1ccc2c(c1)CCC2(O)CNC(=O)c1cnn(C)c1Cc1ccccc1. The molecule has 1 aliphatic rings. The predicted molar refractivity (Wildman–Crippen MR) is 110 cm³/mol. The van der Waals surface area contributed by atoms with Crippen molar-refractivity contribution in [1.82, 2.24) is 15.1 Å². The average molecular weight is 391 g/mol. The number of hydrogen-bond acceptors (Lipinski definition) is 4. The molecule has 1 atom stereocenters. The van der Waals surface area contributed by atoms with E-state index in [1.54, 1.807) is 18.0 Å². The highest BCUT2D eigenvalue weighted by molar-refractivity contribution is 5.95. The number of nitrogens with one attached hydrogen (secondary N) is 1. The fraction of sp³-hybridized carbons (Fsp3) is 0.304. The summed E-state index contributed by atoms with van der Waals surface area (Å²) in [7, 11) is 3.47. The van der Waals surface area contributed by atoms with Crippen LogP contribution in [0.25, 0.3) is 0 Å². The number of carbonyl (C=O) groups is 1. The van der Waals surface area contributed by atoms with Crippen molar-refractivity contribution >= 4 is 5.91 Å². The highest BCUT2D eigenvalue weighted by atomic mass is 16.5. The quantitative estimate of drug-likeness (QED) is 0.677. The van der Waals surface area contributed by atoms with E-state index in [1.165, 1.54) is 0 Å². The Bertz CT molecular complexity index is 1030. The van der Waals surface area contributed by atoms with Gasteiger partial charge in [-0.2, -0.15) is 5.10 Å². The highest BCUT2D eigenvalue weighted by Gasteiger charge is 2.37. The number of carbonyl (C=O) groups excluding carboxylic acids is 1. The molecule has 1 heterocycles. The van der Waals surface area contributed by atoms with Crippen molar-refractivity contribution in [1.29, 1.82) is 0 Å². The van der Waals surface area contributed by atoms with Gasteiger partial charge in [0.15, 0.2) is 0 Å². The standard InChI is InChI=1S/C23H25N3O3/c1-26-21(12-16-6-4-3-5-7-16)19(14-25-26)22(27)24-15-23(28)11-10-17-13-18(29-2)8-9-20(17)23/h3-9,13-14,28H,10-12,15H2,1-2H3,(H,24,27). The summed E-state index contributed by atoms with van der Waals surface area (Å²) in [5.74, 6) is 0.553.